The molecule has 2 rings (SSSR count). The summed E-state index contributed by atoms with van der Waals surface area (Å²) < 4.78 is 5.75. The molecule has 0 spiro atoms. The van der Waals surface area contributed by atoms with Crippen LogP contribution in [-0.2, 0) is 4.74 Å². The average molecular weight is 248 g/mol. The van der Waals surface area contributed by atoms with Crippen LogP contribution >= 0.6 is 0 Å². The molecule has 0 saturated carbocycles. The number of hydrogen-bond donors (Lipinski definition) is 1. The van der Waals surface area contributed by atoms with Crippen molar-refractivity contribution < 1.29 is 4.74 Å². The lowest BCUT2D eigenvalue weighted by Crippen LogP contribution is -2.44. The van der Waals surface area contributed by atoms with Crippen LogP contribution in [0.5, 0.6) is 0 Å². The number of rotatable bonds is 4. The molecule has 1 aliphatic heterocycles. The first-order valence-corrected chi connectivity index (χ1v) is 6.76. The standard InChI is InChI=1S/C15H24N2O/c1-12-4-6-14(7-5-12)13(2)17(3)11-15-10-16-8-9-18-15/h4-7,13,15-16H,8-11H2,1-3H3. The number of hydrogen-bond acceptors (Lipinski definition) is 3. The summed E-state index contributed by atoms with van der Waals surface area (Å²) in [4.78, 5) is 2.36. The largest absolute Gasteiger partial charge is 0.374 e. The monoisotopic (exact) mass is 248 g/mol. The van der Waals surface area contributed by atoms with E-state index in [1.165, 1.54) is 11.1 Å². The maximum absolute atomic E-state index is 5.75. The fourth-order valence-electron chi connectivity index (χ4n) is 2.32. The summed E-state index contributed by atoms with van der Waals surface area (Å²) in [5.74, 6) is 0. The highest BCUT2D eigenvalue weighted by molar-refractivity contribution is 5.23. The highest BCUT2D eigenvalue weighted by atomic mass is 16.5. The minimum absolute atomic E-state index is 0.316. The molecule has 1 fully saturated rings. The van der Waals surface area contributed by atoms with Crippen molar-refractivity contribution in [3.05, 3.63) is 35.4 Å². The first-order chi connectivity index (χ1) is 8.66. The lowest BCUT2D eigenvalue weighted by Gasteiger charge is -2.31. The summed E-state index contributed by atoms with van der Waals surface area (Å²) in [6, 6.07) is 9.22. The van der Waals surface area contributed by atoms with Crippen LogP contribution in [0.3, 0.4) is 0 Å². The number of benzene rings is 1. The molecule has 0 aliphatic carbocycles. The summed E-state index contributed by atoms with van der Waals surface area (Å²) in [5, 5.41) is 3.37. The van der Waals surface area contributed by atoms with Crippen LogP contribution in [0.15, 0.2) is 24.3 Å². The van der Waals surface area contributed by atoms with Crippen LogP contribution in [0.25, 0.3) is 0 Å². The minimum Gasteiger partial charge on any atom is -0.374 e. The second kappa shape index (κ2) is 6.32. The van der Waals surface area contributed by atoms with E-state index in [4.69, 9.17) is 4.74 Å². The molecule has 1 heterocycles. The third-order valence-electron chi connectivity index (χ3n) is 3.72. The van der Waals surface area contributed by atoms with E-state index in [-0.39, 0.29) is 0 Å². The van der Waals surface area contributed by atoms with E-state index in [0.717, 1.165) is 26.2 Å². The summed E-state index contributed by atoms with van der Waals surface area (Å²) in [6.07, 6.45) is 0.316. The fourth-order valence-corrected chi connectivity index (χ4v) is 2.32. The number of aryl methyl sites for hydroxylation is 1. The van der Waals surface area contributed by atoms with E-state index in [1.54, 1.807) is 0 Å². The van der Waals surface area contributed by atoms with Gasteiger partial charge in [0.25, 0.3) is 0 Å². The van der Waals surface area contributed by atoms with Gasteiger partial charge in [0.2, 0.25) is 0 Å². The van der Waals surface area contributed by atoms with E-state index >= 15 is 0 Å². The van der Waals surface area contributed by atoms with E-state index in [1.807, 2.05) is 0 Å². The van der Waals surface area contributed by atoms with Crippen molar-refractivity contribution in [2.24, 2.45) is 0 Å². The van der Waals surface area contributed by atoms with Gasteiger partial charge >= 0.3 is 0 Å². The van der Waals surface area contributed by atoms with Crippen molar-refractivity contribution in [1.29, 1.82) is 0 Å². The van der Waals surface area contributed by atoms with Gasteiger partial charge in [-0.2, -0.15) is 0 Å². The van der Waals surface area contributed by atoms with Gasteiger partial charge in [0.05, 0.1) is 12.7 Å². The Hall–Kier alpha value is -0.900. The van der Waals surface area contributed by atoms with Gasteiger partial charge in [-0.3, -0.25) is 4.90 Å². The Morgan fingerprint density at radius 2 is 2.11 bits per heavy atom. The van der Waals surface area contributed by atoms with Gasteiger partial charge in [0, 0.05) is 25.7 Å². The van der Waals surface area contributed by atoms with Crippen LogP contribution in [0.1, 0.15) is 24.1 Å². The van der Waals surface area contributed by atoms with Gasteiger partial charge in [-0.25, -0.2) is 0 Å². The molecule has 2 atom stereocenters. The number of ether oxygens (including phenoxy) is 1. The van der Waals surface area contributed by atoms with Crippen LogP contribution in [0, 0.1) is 6.92 Å². The molecular formula is C15H24N2O. The van der Waals surface area contributed by atoms with Gasteiger partial charge in [-0.1, -0.05) is 29.8 Å². The molecule has 0 amide bonds. The highest BCUT2D eigenvalue weighted by Crippen LogP contribution is 2.19. The maximum atomic E-state index is 5.75. The SMILES string of the molecule is Cc1ccc(C(C)N(C)CC2CNCCO2)cc1. The Balaban J connectivity index is 1.91. The number of likely N-dealkylation sites (N-methyl/N-ethyl adjacent to an activating group) is 1. The molecule has 100 valence electrons. The molecule has 3 heteroatoms. The molecule has 0 radical (unpaired) electrons. The average Bonchev–Trinajstić information content (AvgIpc) is 2.40. The normalized spacial score (nSPS) is 22.1. The molecule has 0 aromatic heterocycles. The van der Waals surface area contributed by atoms with Crippen LogP contribution in [0.4, 0.5) is 0 Å². The molecular weight excluding hydrogens is 224 g/mol. The van der Waals surface area contributed by atoms with E-state index < -0.39 is 0 Å². The number of nitrogens with one attached hydrogen (secondary N) is 1. The zero-order chi connectivity index (χ0) is 13.0. The lowest BCUT2D eigenvalue weighted by molar-refractivity contribution is 0.00393. The van der Waals surface area contributed by atoms with Gasteiger partial charge in [-0.15, -0.1) is 0 Å². The van der Waals surface area contributed by atoms with Crippen LogP contribution < -0.4 is 5.32 Å². The minimum atomic E-state index is 0.316. The second-order valence-corrected chi connectivity index (χ2v) is 5.22. The zero-order valence-corrected chi connectivity index (χ0v) is 11.6. The van der Waals surface area contributed by atoms with Crippen LogP contribution in [0.2, 0.25) is 0 Å². The van der Waals surface area contributed by atoms with E-state index in [9.17, 15) is 0 Å². The molecule has 1 aromatic rings. The van der Waals surface area contributed by atoms with Crippen LogP contribution in [-0.4, -0.2) is 44.3 Å². The molecule has 0 bridgehead atoms. The van der Waals surface area contributed by atoms with Gasteiger partial charge in [-0.05, 0) is 26.5 Å². The van der Waals surface area contributed by atoms with Gasteiger partial charge in [0.15, 0.2) is 0 Å². The van der Waals surface area contributed by atoms with E-state index in [0.29, 0.717) is 12.1 Å². The molecule has 18 heavy (non-hydrogen) atoms. The Bertz CT molecular complexity index is 357. The number of nitrogens with zero attached hydrogens (tertiary/aromatic N) is 1. The topological polar surface area (TPSA) is 24.5 Å². The van der Waals surface area contributed by atoms with Crippen molar-refractivity contribution in [2.45, 2.75) is 26.0 Å². The van der Waals surface area contributed by atoms with Crippen molar-refractivity contribution in [2.75, 3.05) is 33.3 Å². The third-order valence-corrected chi connectivity index (χ3v) is 3.72. The first kappa shape index (κ1) is 13.5. The van der Waals surface area contributed by atoms with Crippen molar-refractivity contribution >= 4 is 0 Å². The van der Waals surface area contributed by atoms with E-state index in [2.05, 4.69) is 55.4 Å². The Kier molecular flexibility index (Phi) is 4.75. The summed E-state index contributed by atoms with van der Waals surface area (Å²) >= 11 is 0. The second-order valence-electron chi connectivity index (χ2n) is 5.22. The van der Waals surface area contributed by atoms with Crippen molar-refractivity contribution in [1.82, 2.24) is 10.2 Å². The quantitative estimate of drug-likeness (QED) is 0.882. The van der Waals surface area contributed by atoms with Gasteiger partial charge < -0.3 is 10.1 Å². The first-order valence-electron chi connectivity index (χ1n) is 6.76. The molecule has 1 aromatic carbocycles. The summed E-state index contributed by atoms with van der Waals surface area (Å²) in [5.41, 5.74) is 2.68. The maximum Gasteiger partial charge on any atom is 0.0826 e. The molecule has 1 N–H and O–H groups in total. The molecule has 2 unspecified atom stereocenters. The third kappa shape index (κ3) is 3.55. The molecule has 3 nitrogen and oxygen atoms in total. The molecule has 1 saturated heterocycles. The van der Waals surface area contributed by atoms with Crippen molar-refractivity contribution in [3.8, 4) is 0 Å². The summed E-state index contributed by atoms with van der Waals surface area (Å²) in [7, 11) is 2.17. The summed E-state index contributed by atoms with van der Waals surface area (Å²) in [6.45, 7) is 8.12. The highest BCUT2D eigenvalue weighted by Gasteiger charge is 2.19. The Morgan fingerprint density at radius 3 is 2.72 bits per heavy atom. The lowest BCUT2D eigenvalue weighted by atomic mass is 10.1. The van der Waals surface area contributed by atoms with Crippen molar-refractivity contribution in [3.63, 3.8) is 0 Å². The Morgan fingerprint density at radius 1 is 1.39 bits per heavy atom. The fraction of sp³-hybridized carbons (Fsp3) is 0.600. The van der Waals surface area contributed by atoms with Gasteiger partial charge in [0.1, 0.15) is 0 Å². The zero-order valence-electron chi connectivity index (χ0n) is 11.6. The molecule has 1 aliphatic rings. The smallest absolute Gasteiger partial charge is 0.0826 e. The predicted molar refractivity (Wildman–Crippen MR) is 74.8 cm³/mol. The predicted octanol–water partition coefficient (Wildman–Crippen LogP) is 1.98. The Labute approximate surface area is 110 Å². The number of morpholine rings is 1.